The van der Waals surface area contributed by atoms with Gasteiger partial charge in [-0.15, -0.1) is 10.2 Å². The van der Waals surface area contributed by atoms with E-state index in [0.29, 0.717) is 10.8 Å². The summed E-state index contributed by atoms with van der Waals surface area (Å²) in [6, 6.07) is 9.19. The molecule has 0 unspecified atom stereocenters. The van der Waals surface area contributed by atoms with E-state index in [9.17, 15) is 9.59 Å². The molecule has 0 radical (unpaired) electrons. The number of nitrogens with one attached hydrogen (secondary N) is 1. The highest BCUT2D eigenvalue weighted by molar-refractivity contribution is 7.15. The Kier molecular flexibility index (Phi) is 5.22. The molecule has 8 heteroatoms. The second kappa shape index (κ2) is 7.34. The van der Waals surface area contributed by atoms with Crippen molar-refractivity contribution in [1.29, 1.82) is 0 Å². The molecule has 0 bridgehead atoms. The average Bonchev–Trinajstić information content (AvgIpc) is 2.86. The van der Waals surface area contributed by atoms with Crippen LogP contribution in [-0.2, 0) is 16.0 Å². The fourth-order valence-electron chi connectivity index (χ4n) is 1.46. The minimum absolute atomic E-state index is 0.169. The molecule has 0 aliphatic carbocycles. The summed E-state index contributed by atoms with van der Waals surface area (Å²) in [7, 11) is 0. The Balaban J connectivity index is 1.74. The second-order valence-corrected chi connectivity index (χ2v) is 5.09. The smallest absolute Gasteiger partial charge is 0.310 e. The van der Waals surface area contributed by atoms with E-state index in [4.69, 9.17) is 9.84 Å². The summed E-state index contributed by atoms with van der Waals surface area (Å²) < 4.78 is 5.40. The number of amides is 1. The molecule has 0 fully saturated rings. The monoisotopic (exact) mass is 307 g/mol. The molecular weight excluding hydrogens is 294 g/mol. The second-order valence-electron chi connectivity index (χ2n) is 4.03. The van der Waals surface area contributed by atoms with Crippen molar-refractivity contribution in [2.45, 2.75) is 12.8 Å². The zero-order valence-electron chi connectivity index (χ0n) is 11.0. The van der Waals surface area contributed by atoms with Crippen molar-refractivity contribution in [3.63, 3.8) is 0 Å². The summed E-state index contributed by atoms with van der Waals surface area (Å²) in [4.78, 5) is 22.2. The average molecular weight is 307 g/mol. The molecule has 0 saturated heterocycles. The predicted molar refractivity (Wildman–Crippen MR) is 76.4 cm³/mol. The van der Waals surface area contributed by atoms with Crippen LogP contribution in [0.4, 0.5) is 5.13 Å². The highest BCUT2D eigenvalue weighted by atomic mass is 32.1. The van der Waals surface area contributed by atoms with Crippen LogP contribution in [0.1, 0.15) is 11.4 Å². The van der Waals surface area contributed by atoms with Gasteiger partial charge in [-0.2, -0.15) is 0 Å². The SMILES string of the molecule is O=C(O)Cc1nnc(NC(=O)CCOc2ccccc2)s1. The number of carboxylic acid groups (broad SMARTS) is 1. The maximum absolute atomic E-state index is 11.7. The first-order chi connectivity index (χ1) is 10.1. The normalized spacial score (nSPS) is 10.1. The molecule has 110 valence electrons. The lowest BCUT2D eigenvalue weighted by Crippen LogP contribution is -2.15. The Bertz CT molecular complexity index is 615. The number of hydrogen-bond donors (Lipinski definition) is 2. The number of para-hydroxylation sites is 1. The van der Waals surface area contributed by atoms with Crippen LogP contribution in [0.3, 0.4) is 0 Å². The molecule has 2 aromatic rings. The minimum atomic E-state index is -0.986. The Morgan fingerprint density at radius 3 is 2.71 bits per heavy atom. The molecule has 1 aromatic carbocycles. The van der Waals surface area contributed by atoms with Crippen LogP contribution in [0, 0.1) is 0 Å². The number of hydrogen-bond acceptors (Lipinski definition) is 6. The summed E-state index contributed by atoms with van der Waals surface area (Å²) in [6.07, 6.45) is -0.0343. The maximum Gasteiger partial charge on any atom is 0.310 e. The van der Waals surface area contributed by atoms with E-state index < -0.39 is 5.97 Å². The third-order valence-electron chi connectivity index (χ3n) is 2.36. The summed E-state index contributed by atoms with van der Waals surface area (Å²) >= 11 is 1.04. The first-order valence-corrected chi connectivity index (χ1v) is 6.97. The van der Waals surface area contributed by atoms with Crippen LogP contribution < -0.4 is 10.1 Å². The van der Waals surface area contributed by atoms with E-state index in [1.54, 1.807) is 12.1 Å². The number of aliphatic carboxylic acids is 1. The summed E-state index contributed by atoms with van der Waals surface area (Å²) in [6.45, 7) is 0.247. The topological polar surface area (TPSA) is 101 Å². The minimum Gasteiger partial charge on any atom is -0.493 e. The number of benzene rings is 1. The number of anilines is 1. The summed E-state index contributed by atoms with van der Waals surface area (Å²) in [5, 5.41) is 19.2. The van der Waals surface area contributed by atoms with Gasteiger partial charge in [0.2, 0.25) is 11.0 Å². The van der Waals surface area contributed by atoms with Crippen LogP contribution >= 0.6 is 11.3 Å². The standard InChI is InChI=1S/C13H13N3O4S/c17-10(6-7-20-9-4-2-1-3-5-9)14-13-16-15-11(21-13)8-12(18)19/h1-5H,6-8H2,(H,18,19)(H,14,16,17). The van der Waals surface area contributed by atoms with E-state index in [-0.39, 0.29) is 30.5 Å². The molecule has 21 heavy (non-hydrogen) atoms. The number of rotatable bonds is 7. The zero-order chi connectivity index (χ0) is 15.1. The molecule has 0 aliphatic rings. The molecule has 1 aromatic heterocycles. The fraction of sp³-hybridized carbons (Fsp3) is 0.231. The van der Waals surface area contributed by atoms with Crippen molar-refractivity contribution in [3.8, 4) is 5.75 Å². The molecular formula is C13H13N3O4S. The molecule has 0 spiro atoms. The fourth-order valence-corrected chi connectivity index (χ4v) is 2.21. The van der Waals surface area contributed by atoms with Gasteiger partial charge in [-0.25, -0.2) is 0 Å². The Labute approximate surface area is 124 Å². The Hall–Kier alpha value is -2.48. The Morgan fingerprint density at radius 1 is 1.24 bits per heavy atom. The van der Waals surface area contributed by atoms with Crippen molar-refractivity contribution in [1.82, 2.24) is 10.2 Å². The summed E-state index contributed by atoms with van der Waals surface area (Å²) in [5.74, 6) is -0.547. The number of nitrogens with zero attached hydrogens (tertiary/aromatic N) is 2. The molecule has 2 N–H and O–H groups in total. The van der Waals surface area contributed by atoms with Gasteiger partial charge in [0, 0.05) is 0 Å². The van der Waals surface area contributed by atoms with Crippen LogP contribution in [-0.4, -0.2) is 33.8 Å². The van der Waals surface area contributed by atoms with E-state index in [1.807, 2.05) is 18.2 Å². The van der Waals surface area contributed by atoms with Gasteiger partial charge in [0.25, 0.3) is 0 Å². The Morgan fingerprint density at radius 2 is 2.00 bits per heavy atom. The number of ether oxygens (including phenoxy) is 1. The number of carboxylic acids is 1. The molecule has 1 amide bonds. The lowest BCUT2D eigenvalue weighted by molar-refractivity contribution is -0.136. The van der Waals surface area contributed by atoms with Crippen LogP contribution in [0.25, 0.3) is 0 Å². The van der Waals surface area contributed by atoms with Crippen molar-refractivity contribution in [2.75, 3.05) is 11.9 Å². The quantitative estimate of drug-likeness (QED) is 0.805. The van der Waals surface area contributed by atoms with Gasteiger partial charge in [-0.3, -0.25) is 9.59 Å². The van der Waals surface area contributed by atoms with Crippen molar-refractivity contribution >= 4 is 28.3 Å². The lowest BCUT2D eigenvalue weighted by atomic mass is 10.3. The van der Waals surface area contributed by atoms with E-state index >= 15 is 0 Å². The van der Waals surface area contributed by atoms with E-state index in [1.165, 1.54) is 0 Å². The van der Waals surface area contributed by atoms with Gasteiger partial charge < -0.3 is 15.2 Å². The van der Waals surface area contributed by atoms with Crippen LogP contribution in [0.2, 0.25) is 0 Å². The van der Waals surface area contributed by atoms with E-state index in [2.05, 4.69) is 15.5 Å². The van der Waals surface area contributed by atoms with Gasteiger partial charge in [0.05, 0.1) is 19.4 Å². The maximum atomic E-state index is 11.7. The van der Waals surface area contributed by atoms with Crippen molar-refractivity contribution < 1.29 is 19.4 Å². The van der Waals surface area contributed by atoms with Gasteiger partial charge in [0.15, 0.2) is 0 Å². The van der Waals surface area contributed by atoms with E-state index in [0.717, 1.165) is 11.3 Å². The van der Waals surface area contributed by atoms with Gasteiger partial charge in [-0.1, -0.05) is 29.5 Å². The number of aromatic nitrogens is 2. The first kappa shape index (κ1) is 14.9. The first-order valence-electron chi connectivity index (χ1n) is 6.15. The number of carbonyl (C=O) groups is 2. The molecule has 0 saturated carbocycles. The molecule has 7 nitrogen and oxygen atoms in total. The van der Waals surface area contributed by atoms with Crippen LogP contribution in [0.5, 0.6) is 5.75 Å². The van der Waals surface area contributed by atoms with Crippen molar-refractivity contribution in [3.05, 3.63) is 35.3 Å². The largest absolute Gasteiger partial charge is 0.493 e. The highest BCUT2D eigenvalue weighted by Gasteiger charge is 2.10. The lowest BCUT2D eigenvalue weighted by Gasteiger charge is -2.05. The molecule has 0 aliphatic heterocycles. The predicted octanol–water partition coefficient (Wildman–Crippen LogP) is 1.57. The zero-order valence-corrected chi connectivity index (χ0v) is 11.8. The van der Waals surface area contributed by atoms with Gasteiger partial charge in [0.1, 0.15) is 10.8 Å². The molecule has 0 atom stereocenters. The highest BCUT2D eigenvalue weighted by Crippen LogP contribution is 2.16. The summed E-state index contributed by atoms with van der Waals surface area (Å²) in [5.41, 5.74) is 0. The molecule has 2 rings (SSSR count). The molecule has 1 heterocycles. The van der Waals surface area contributed by atoms with Crippen molar-refractivity contribution in [2.24, 2.45) is 0 Å². The van der Waals surface area contributed by atoms with Crippen LogP contribution in [0.15, 0.2) is 30.3 Å². The third-order valence-corrected chi connectivity index (χ3v) is 3.20. The number of carbonyl (C=O) groups excluding carboxylic acids is 1. The van der Waals surface area contributed by atoms with Gasteiger partial charge >= 0.3 is 5.97 Å². The third kappa shape index (κ3) is 5.19. The van der Waals surface area contributed by atoms with Gasteiger partial charge in [-0.05, 0) is 12.1 Å².